The standard InChI is InChI=1S/C20H17NO4S/c1-2-26(23,24)19-8-5-13-21-20(19)25-17-11-9-15(10-12-17)18-7-4-3-6-16(18)14-22/h3-14H,2H2,1H3. The Hall–Kier alpha value is -2.99. The van der Waals surface area contributed by atoms with Gasteiger partial charge in [-0.2, -0.15) is 0 Å². The van der Waals surface area contributed by atoms with Gasteiger partial charge in [-0.1, -0.05) is 43.3 Å². The summed E-state index contributed by atoms with van der Waals surface area (Å²) in [7, 11) is -3.44. The number of aldehydes is 1. The molecular formula is C20H17NO4S. The van der Waals surface area contributed by atoms with Crippen LogP contribution >= 0.6 is 0 Å². The summed E-state index contributed by atoms with van der Waals surface area (Å²) in [6.07, 6.45) is 2.30. The number of carbonyl (C=O) groups is 1. The lowest BCUT2D eigenvalue weighted by atomic mass is 10.0. The second kappa shape index (κ2) is 7.49. The van der Waals surface area contributed by atoms with Gasteiger partial charge in [0.1, 0.15) is 10.6 Å². The molecule has 0 unspecified atom stereocenters. The van der Waals surface area contributed by atoms with Gasteiger partial charge in [0, 0.05) is 11.8 Å². The topological polar surface area (TPSA) is 73.3 Å². The number of benzene rings is 2. The summed E-state index contributed by atoms with van der Waals surface area (Å²) in [6.45, 7) is 1.57. The van der Waals surface area contributed by atoms with Gasteiger partial charge >= 0.3 is 0 Å². The SMILES string of the molecule is CCS(=O)(=O)c1cccnc1Oc1ccc(-c2ccccc2C=O)cc1. The molecule has 0 radical (unpaired) electrons. The quantitative estimate of drug-likeness (QED) is 0.612. The molecule has 1 aromatic heterocycles. The summed E-state index contributed by atoms with van der Waals surface area (Å²) in [5.74, 6) is 0.482. The third-order valence-corrected chi connectivity index (χ3v) is 5.66. The Morgan fingerprint density at radius 2 is 1.73 bits per heavy atom. The lowest BCUT2D eigenvalue weighted by Crippen LogP contribution is -2.06. The smallest absolute Gasteiger partial charge is 0.238 e. The molecule has 0 fully saturated rings. The van der Waals surface area contributed by atoms with Crippen molar-refractivity contribution < 1.29 is 17.9 Å². The zero-order valence-corrected chi connectivity index (χ0v) is 14.9. The Morgan fingerprint density at radius 3 is 2.42 bits per heavy atom. The van der Waals surface area contributed by atoms with Gasteiger partial charge in [0.25, 0.3) is 0 Å². The third kappa shape index (κ3) is 3.65. The van der Waals surface area contributed by atoms with Crippen molar-refractivity contribution in [2.45, 2.75) is 11.8 Å². The number of carbonyl (C=O) groups excluding carboxylic acids is 1. The number of aromatic nitrogens is 1. The van der Waals surface area contributed by atoms with Crippen LogP contribution in [0.3, 0.4) is 0 Å². The summed E-state index contributed by atoms with van der Waals surface area (Å²) in [5.41, 5.74) is 2.28. The summed E-state index contributed by atoms with van der Waals surface area (Å²) in [6, 6.07) is 17.4. The van der Waals surface area contributed by atoms with E-state index in [0.29, 0.717) is 11.3 Å². The van der Waals surface area contributed by atoms with E-state index in [1.807, 2.05) is 30.3 Å². The molecule has 3 rings (SSSR count). The molecule has 0 bridgehead atoms. The molecule has 0 spiro atoms. The van der Waals surface area contributed by atoms with Crippen molar-refractivity contribution in [3.63, 3.8) is 0 Å². The second-order valence-electron chi connectivity index (χ2n) is 5.54. The number of hydrogen-bond donors (Lipinski definition) is 0. The van der Waals surface area contributed by atoms with Gasteiger partial charge < -0.3 is 4.74 Å². The molecule has 5 nitrogen and oxygen atoms in total. The molecule has 6 heteroatoms. The van der Waals surface area contributed by atoms with Gasteiger partial charge in [-0.3, -0.25) is 4.79 Å². The Morgan fingerprint density at radius 1 is 1.00 bits per heavy atom. The van der Waals surface area contributed by atoms with Crippen molar-refractivity contribution in [3.8, 4) is 22.8 Å². The van der Waals surface area contributed by atoms with E-state index >= 15 is 0 Å². The van der Waals surface area contributed by atoms with Crippen LogP contribution in [0.15, 0.2) is 71.8 Å². The Labute approximate surface area is 152 Å². The number of hydrogen-bond acceptors (Lipinski definition) is 5. The average Bonchev–Trinajstić information content (AvgIpc) is 2.69. The highest BCUT2D eigenvalue weighted by atomic mass is 32.2. The number of rotatable bonds is 6. The van der Waals surface area contributed by atoms with Crippen molar-refractivity contribution in [1.82, 2.24) is 4.98 Å². The predicted octanol–water partition coefficient (Wildman–Crippen LogP) is 4.15. The molecule has 0 N–H and O–H groups in total. The first kappa shape index (κ1) is 17.8. The van der Waals surface area contributed by atoms with Crippen LogP contribution in [0, 0.1) is 0 Å². The molecule has 132 valence electrons. The lowest BCUT2D eigenvalue weighted by molar-refractivity contribution is 0.112. The van der Waals surface area contributed by atoms with E-state index in [-0.39, 0.29) is 16.5 Å². The van der Waals surface area contributed by atoms with Crippen LogP contribution in [0.5, 0.6) is 11.6 Å². The maximum Gasteiger partial charge on any atom is 0.238 e. The third-order valence-electron chi connectivity index (χ3n) is 3.92. The number of pyridine rings is 1. The summed E-state index contributed by atoms with van der Waals surface area (Å²) < 4.78 is 30.0. The fourth-order valence-corrected chi connectivity index (χ4v) is 3.48. The summed E-state index contributed by atoms with van der Waals surface area (Å²) in [5, 5.41) is 0. The Balaban J connectivity index is 1.91. The van der Waals surface area contributed by atoms with Crippen LogP contribution in [0.1, 0.15) is 17.3 Å². The first-order valence-electron chi connectivity index (χ1n) is 8.05. The molecule has 0 aliphatic rings. The molecule has 3 aromatic rings. The number of nitrogens with zero attached hydrogens (tertiary/aromatic N) is 1. The Bertz CT molecular complexity index is 1030. The van der Waals surface area contributed by atoms with Crippen LogP contribution in [0.4, 0.5) is 0 Å². The minimum atomic E-state index is -3.44. The van der Waals surface area contributed by atoms with Crippen LogP contribution in [0.2, 0.25) is 0 Å². The molecule has 0 atom stereocenters. The van der Waals surface area contributed by atoms with E-state index in [4.69, 9.17) is 4.74 Å². The van der Waals surface area contributed by atoms with Crippen LogP contribution in [-0.2, 0) is 9.84 Å². The normalized spacial score (nSPS) is 11.1. The minimum absolute atomic E-state index is 0.0313. The molecule has 2 aromatic carbocycles. The molecule has 0 saturated carbocycles. The van der Waals surface area contributed by atoms with Crippen LogP contribution in [0.25, 0.3) is 11.1 Å². The van der Waals surface area contributed by atoms with Crippen molar-refractivity contribution in [2.24, 2.45) is 0 Å². The average molecular weight is 367 g/mol. The summed E-state index contributed by atoms with van der Waals surface area (Å²) in [4.78, 5) is 15.3. The van der Waals surface area contributed by atoms with Gasteiger partial charge in [-0.05, 0) is 35.4 Å². The van der Waals surface area contributed by atoms with E-state index in [1.165, 1.54) is 12.3 Å². The molecule has 26 heavy (non-hydrogen) atoms. The van der Waals surface area contributed by atoms with Crippen molar-refractivity contribution in [2.75, 3.05) is 5.75 Å². The fraction of sp³-hybridized carbons (Fsp3) is 0.100. The molecule has 0 aliphatic carbocycles. The lowest BCUT2D eigenvalue weighted by Gasteiger charge is -2.10. The van der Waals surface area contributed by atoms with E-state index in [1.54, 1.807) is 31.2 Å². The van der Waals surface area contributed by atoms with E-state index < -0.39 is 9.84 Å². The molecule has 0 aliphatic heterocycles. The monoisotopic (exact) mass is 367 g/mol. The highest BCUT2D eigenvalue weighted by molar-refractivity contribution is 7.91. The number of sulfone groups is 1. The maximum atomic E-state index is 12.2. The van der Waals surface area contributed by atoms with Gasteiger partial charge in [-0.15, -0.1) is 0 Å². The van der Waals surface area contributed by atoms with Crippen molar-refractivity contribution in [1.29, 1.82) is 0 Å². The fourth-order valence-electron chi connectivity index (χ4n) is 2.52. The van der Waals surface area contributed by atoms with Crippen molar-refractivity contribution >= 4 is 16.1 Å². The highest BCUT2D eigenvalue weighted by Gasteiger charge is 2.19. The largest absolute Gasteiger partial charge is 0.438 e. The molecule has 1 heterocycles. The first-order valence-corrected chi connectivity index (χ1v) is 9.70. The van der Waals surface area contributed by atoms with Gasteiger partial charge in [-0.25, -0.2) is 13.4 Å². The Kier molecular flexibility index (Phi) is 5.14. The number of ether oxygens (including phenoxy) is 1. The second-order valence-corrected chi connectivity index (χ2v) is 7.79. The van der Waals surface area contributed by atoms with Gasteiger partial charge in [0.15, 0.2) is 16.1 Å². The molecule has 0 amide bonds. The predicted molar refractivity (Wildman–Crippen MR) is 99.3 cm³/mol. The zero-order chi connectivity index (χ0) is 18.6. The maximum absolute atomic E-state index is 12.2. The summed E-state index contributed by atoms with van der Waals surface area (Å²) >= 11 is 0. The minimum Gasteiger partial charge on any atom is -0.438 e. The van der Waals surface area contributed by atoms with Gasteiger partial charge in [0.05, 0.1) is 5.75 Å². The van der Waals surface area contributed by atoms with Gasteiger partial charge in [0.2, 0.25) is 5.88 Å². The van der Waals surface area contributed by atoms with E-state index in [2.05, 4.69) is 4.98 Å². The van der Waals surface area contributed by atoms with Crippen molar-refractivity contribution in [3.05, 3.63) is 72.4 Å². The molecule has 0 saturated heterocycles. The van der Waals surface area contributed by atoms with E-state index in [9.17, 15) is 13.2 Å². The molecular weight excluding hydrogens is 350 g/mol. The van der Waals surface area contributed by atoms with E-state index in [0.717, 1.165) is 17.4 Å². The first-order chi connectivity index (χ1) is 12.5. The van der Waals surface area contributed by atoms with Crippen LogP contribution in [-0.4, -0.2) is 25.4 Å². The zero-order valence-electron chi connectivity index (χ0n) is 14.1. The van der Waals surface area contributed by atoms with Crippen LogP contribution < -0.4 is 4.74 Å². The highest BCUT2D eigenvalue weighted by Crippen LogP contribution is 2.29.